The van der Waals surface area contributed by atoms with Crippen molar-refractivity contribution in [2.75, 3.05) is 12.4 Å². The minimum absolute atomic E-state index is 0.385. The van der Waals surface area contributed by atoms with E-state index in [0.717, 1.165) is 0 Å². The molecule has 0 bridgehead atoms. The second-order valence-corrected chi connectivity index (χ2v) is 5.78. The van der Waals surface area contributed by atoms with Crippen LogP contribution in [0.25, 0.3) is 0 Å². The molecule has 0 spiro atoms. The number of rotatable bonds is 6. The van der Waals surface area contributed by atoms with E-state index in [1.54, 1.807) is 79.9 Å². The zero-order valence-electron chi connectivity index (χ0n) is 14.8. The second-order valence-electron chi connectivity index (χ2n) is 5.78. The number of ether oxygens (including phenoxy) is 2. The summed E-state index contributed by atoms with van der Waals surface area (Å²) in [7, 11) is 1.57. The lowest BCUT2D eigenvalue weighted by molar-refractivity contribution is -0.125. The number of anilines is 1. The van der Waals surface area contributed by atoms with E-state index in [1.807, 2.05) is 12.1 Å². The third kappa shape index (κ3) is 4.73. The largest absolute Gasteiger partial charge is 0.497 e. The van der Waals surface area contributed by atoms with Gasteiger partial charge in [0.05, 0.1) is 12.7 Å². The fourth-order valence-corrected chi connectivity index (χ4v) is 2.53. The summed E-state index contributed by atoms with van der Waals surface area (Å²) in [5, 5.41) is 2.78. The SMILES string of the molecule is COc1ccc(NC(=O)C(OC(=O)c2ccccc2)c2ccccc2)cc1. The Morgan fingerprint density at radius 2 is 1.41 bits per heavy atom. The Kier molecular flexibility index (Phi) is 5.84. The fraction of sp³-hybridized carbons (Fsp3) is 0.0909. The van der Waals surface area contributed by atoms with Crippen LogP contribution in [0.4, 0.5) is 5.69 Å². The summed E-state index contributed by atoms with van der Waals surface area (Å²) in [5.74, 6) is -0.312. The number of hydrogen-bond donors (Lipinski definition) is 1. The molecule has 0 aromatic heterocycles. The zero-order chi connectivity index (χ0) is 19.1. The predicted molar refractivity (Wildman–Crippen MR) is 103 cm³/mol. The lowest BCUT2D eigenvalue weighted by Gasteiger charge is -2.18. The average molecular weight is 361 g/mol. The first-order valence-electron chi connectivity index (χ1n) is 8.43. The molecule has 3 aromatic carbocycles. The van der Waals surface area contributed by atoms with E-state index in [-0.39, 0.29) is 0 Å². The molecule has 27 heavy (non-hydrogen) atoms. The van der Waals surface area contributed by atoms with Gasteiger partial charge in [0.2, 0.25) is 6.10 Å². The average Bonchev–Trinajstić information content (AvgIpc) is 2.73. The van der Waals surface area contributed by atoms with E-state index < -0.39 is 18.0 Å². The van der Waals surface area contributed by atoms with Crippen molar-refractivity contribution in [2.45, 2.75) is 6.10 Å². The van der Waals surface area contributed by atoms with Crippen molar-refractivity contribution < 1.29 is 19.1 Å². The minimum atomic E-state index is -1.07. The molecule has 1 unspecified atom stereocenters. The number of hydrogen-bond acceptors (Lipinski definition) is 4. The maximum Gasteiger partial charge on any atom is 0.339 e. The van der Waals surface area contributed by atoms with Crippen LogP contribution in [0.5, 0.6) is 5.75 Å². The third-order valence-electron chi connectivity index (χ3n) is 3.93. The monoisotopic (exact) mass is 361 g/mol. The first-order chi connectivity index (χ1) is 13.2. The molecule has 0 radical (unpaired) electrons. The van der Waals surface area contributed by atoms with Gasteiger partial charge in [-0.15, -0.1) is 0 Å². The van der Waals surface area contributed by atoms with E-state index in [4.69, 9.17) is 9.47 Å². The molecule has 1 amide bonds. The molecule has 136 valence electrons. The number of carbonyl (C=O) groups excluding carboxylic acids is 2. The van der Waals surface area contributed by atoms with Crippen LogP contribution in [0.3, 0.4) is 0 Å². The number of methoxy groups -OCH3 is 1. The fourth-order valence-electron chi connectivity index (χ4n) is 2.53. The molecular weight excluding hydrogens is 342 g/mol. The van der Waals surface area contributed by atoms with Gasteiger partial charge in [-0.3, -0.25) is 4.79 Å². The molecular formula is C22H19NO4. The summed E-state index contributed by atoms with van der Waals surface area (Å²) < 4.78 is 10.6. The van der Waals surface area contributed by atoms with Gasteiger partial charge in [-0.25, -0.2) is 4.79 Å². The van der Waals surface area contributed by atoms with Crippen LogP contribution in [0, 0.1) is 0 Å². The number of esters is 1. The van der Waals surface area contributed by atoms with Crippen LogP contribution in [-0.4, -0.2) is 19.0 Å². The van der Waals surface area contributed by atoms with Crippen LogP contribution in [-0.2, 0) is 9.53 Å². The topological polar surface area (TPSA) is 64.6 Å². The number of nitrogens with one attached hydrogen (secondary N) is 1. The molecule has 0 saturated carbocycles. The van der Waals surface area contributed by atoms with E-state index in [9.17, 15) is 9.59 Å². The number of benzene rings is 3. The molecule has 0 aliphatic heterocycles. The highest BCUT2D eigenvalue weighted by molar-refractivity contribution is 5.98. The Balaban J connectivity index is 1.81. The molecule has 3 aromatic rings. The maximum absolute atomic E-state index is 12.8. The van der Waals surface area contributed by atoms with Gasteiger partial charge in [0.1, 0.15) is 5.75 Å². The van der Waals surface area contributed by atoms with Crippen LogP contribution >= 0.6 is 0 Å². The van der Waals surface area contributed by atoms with Crippen LogP contribution in [0.15, 0.2) is 84.9 Å². The van der Waals surface area contributed by atoms with E-state index in [1.165, 1.54) is 0 Å². The van der Waals surface area contributed by atoms with Crippen LogP contribution < -0.4 is 10.1 Å². The molecule has 5 nitrogen and oxygen atoms in total. The van der Waals surface area contributed by atoms with Gasteiger partial charge >= 0.3 is 5.97 Å². The molecule has 0 aliphatic rings. The van der Waals surface area contributed by atoms with Crippen molar-refractivity contribution in [1.82, 2.24) is 0 Å². The third-order valence-corrected chi connectivity index (χ3v) is 3.93. The van der Waals surface area contributed by atoms with Gasteiger partial charge in [-0.1, -0.05) is 48.5 Å². The molecule has 0 saturated heterocycles. The summed E-state index contributed by atoms with van der Waals surface area (Å²) in [6.07, 6.45) is -1.07. The molecule has 0 fully saturated rings. The second kappa shape index (κ2) is 8.67. The van der Waals surface area contributed by atoms with Crippen molar-refractivity contribution in [2.24, 2.45) is 0 Å². The Morgan fingerprint density at radius 1 is 0.815 bits per heavy atom. The number of amides is 1. The normalized spacial score (nSPS) is 11.3. The van der Waals surface area contributed by atoms with Crippen LogP contribution in [0.1, 0.15) is 22.0 Å². The summed E-state index contributed by atoms with van der Waals surface area (Å²) >= 11 is 0. The smallest absolute Gasteiger partial charge is 0.339 e. The Morgan fingerprint density at radius 3 is 2.00 bits per heavy atom. The molecule has 0 aliphatic carbocycles. The van der Waals surface area contributed by atoms with Gasteiger partial charge < -0.3 is 14.8 Å². The van der Waals surface area contributed by atoms with Gasteiger partial charge in [0.15, 0.2) is 0 Å². The molecule has 0 heterocycles. The predicted octanol–water partition coefficient (Wildman–Crippen LogP) is 4.23. The van der Waals surface area contributed by atoms with Gasteiger partial charge in [0.25, 0.3) is 5.91 Å². The highest BCUT2D eigenvalue weighted by atomic mass is 16.5. The zero-order valence-corrected chi connectivity index (χ0v) is 14.8. The number of carbonyl (C=O) groups is 2. The highest BCUT2D eigenvalue weighted by Crippen LogP contribution is 2.22. The van der Waals surface area contributed by atoms with Crippen molar-refractivity contribution in [3.8, 4) is 5.75 Å². The van der Waals surface area contributed by atoms with E-state index >= 15 is 0 Å². The molecule has 1 atom stereocenters. The lowest BCUT2D eigenvalue weighted by Crippen LogP contribution is -2.26. The van der Waals surface area contributed by atoms with Crippen molar-refractivity contribution in [1.29, 1.82) is 0 Å². The minimum Gasteiger partial charge on any atom is -0.497 e. The maximum atomic E-state index is 12.8. The molecule has 3 rings (SSSR count). The van der Waals surface area contributed by atoms with E-state index in [0.29, 0.717) is 22.6 Å². The Labute approximate surface area is 157 Å². The highest BCUT2D eigenvalue weighted by Gasteiger charge is 2.25. The van der Waals surface area contributed by atoms with Crippen LogP contribution in [0.2, 0.25) is 0 Å². The van der Waals surface area contributed by atoms with Gasteiger partial charge in [-0.2, -0.15) is 0 Å². The summed E-state index contributed by atoms with van der Waals surface area (Å²) in [6.45, 7) is 0. The van der Waals surface area contributed by atoms with Crippen molar-refractivity contribution in [3.63, 3.8) is 0 Å². The molecule has 1 N–H and O–H groups in total. The standard InChI is InChI=1S/C22H19NO4/c1-26-19-14-12-18(13-15-19)23-21(24)20(16-8-4-2-5-9-16)27-22(25)17-10-6-3-7-11-17/h2-15,20H,1H3,(H,23,24). The summed E-state index contributed by atoms with van der Waals surface area (Å²) in [6, 6.07) is 24.4. The lowest BCUT2D eigenvalue weighted by atomic mass is 10.1. The van der Waals surface area contributed by atoms with Crippen molar-refractivity contribution >= 4 is 17.6 Å². The summed E-state index contributed by atoms with van der Waals surface area (Å²) in [5.41, 5.74) is 1.56. The van der Waals surface area contributed by atoms with E-state index in [2.05, 4.69) is 5.32 Å². The van der Waals surface area contributed by atoms with Crippen molar-refractivity contribution in [3.05, 3.63) is 96.1 Å². The quantitative estimate of drug-likeness (QED) is 0.667. The Bertz CT molecular complexity index is 893. The molecule has 5 heteroatoms. The Hall–Kier alpha value is -3.60. The van der Waals surface area contributed by atoms with Gasteiger partial charge in [-0.05, 0) is 36.4 Å². The first kappa shape index (κ1) is 18.2. The summed E-state index contributed by atoms with van der Waals surface area (Å²) in [4.78, 5) is 25.3. The first-order valence-corrected chi connectivity index (χ1v) is 8.43. The van der Waals surface area contributed by atoms with Gasteiger partial charge in [0, 0.05) is 11.3 Å².